The number of hydrogen-bond donors (Lipinski definition) is 4. The molecule has 0 rings (SSSR count). The molecule has 0 radical (unpaired) electrons. The van der Waals surface area contributed by atoms with Gasteiger partial charge in [0.15, 0.2) is 6.10 Å². The van der Waals surface area contributed by atoms with Crippen LogP contribution >= 0.6 is 15.6 Å². The number of ether oxygens (including phenoxy) is 3. The summed E-state index contributed by atoms with van der Waals surface area (Å²) in [5.41, 5.74) is 0. The number of unbranched alkanes of at least 4 members (excludes halogenated alkanes) is 51. The molecule has 5 unspecified atom stereocenters. The van der Waals surface area contributed by atoms with Crippen molar-refractivity contribution in [1.29, 1.82) is 0 Å². The summed E-state index contributed by atoms with van der Waals surface area (Å²) in [5, 5.41) is 20.7. The van der Waals surface area contributed by atoms with Gasteiger partial charge >= 0.3 is 33.6 Å². The minimum absolute atomic E-state index is 0.0971. The Balaban J connectivity index is 4.40. The number of carbonyl (C=O) groups is 3. The maximum absolute atomic E-state index is 13.0. The van der Waals surface area contributed by atoms with Crippen LogP contribution in [0, 0.1) is 0 Å². The van der Waals surface area contributed by atoms with Crippen LogP contribution in [0.4, 0.5) is 0 Å². The number of aliphatic hydroxyl groups excluding tert-OH is 2. The topological polar surface area (TPSA) is 231 Å². The Hall–Kier alpha value is -3.79. The van der Waals surface area contributed by atoms with Gasteiger partial charge in [0.2, 0.25) is 0 Å². The quantitative estimate of drug-likeness (QED) is 0.0146. The summed E-state index contributed by atoms with van der Waals surface area (Å²) in [5.74, 6) is -1.56. The molecule has 0 bridgehead atoms. The fourth-order valence-electron chi connectivity index (χ4n) is 13.6. The lowest BCUT2D eigenvalue weighted by Gasteiger charge is -2.21. The van der Waals surface area contributed by atoms with E-state index in [0.717, 1.165) is 116 Å². The van der Waals surface area contributed by atoms with Crippen LogP contribution in [0.15, 0.2) is 109 Å². The number of phosphoric acid groups is 2. The highest BCUT2D eigenvalue weighted by atomic mass is 31.2. The second-order valence-corrected chi connectivity index (χ2v) is 35.4. The van der Waals surface area contributed by atoms with Gasteiger partial charge in [0.25, 0.3) is 0 Å². The van der Waals surface area contributed by atoms with Gasteiger partial charge in [0, 0.05) is 19.3 Å². The van der Waals surface area contributed by atoms with Crippen LogP contribution < -0.4 is 0 Å². The van der Waals surface area contributed by atoms with Crippen molar-refractivity contribution in [2.45, 2.75) is 463 Å². The number of allylic oxidation sites excluding steroid dienone is 18. The molecule has 16 nitrogen and oxygen atoms in total. The van der Waals surface area contributed by atoms with E-state index >= 15 is 0 Å². The lowest BCUT2D eigenvalue weighted by molar-refractivity contribution is -0.161. The van der Waals surface area contributed by atoms with Crippen molar-refractivity contribution in [3.63, 3.8) is 0 Å². The first-order valence-corrected chi connectivity index (χ1v) is 51.2. The Morgan fingerprint density at radius 3 is 0.701 bits per heavy atom. The predicted molar refractivity (Wildman–Crippen MR) is 491 cm³/mol. The van der Waals surface area contributed by atoms with Gasteiger partial charge in [-0.25, -0.2) is 9.13 Å². The molecule has 0 fully saturated rings. The molecule has 0 heterocycles. The van der Waals surface area contributed by atoms with Gasteiger partial charge in [-0.2, -0.15) is 0 Å². The van der Waals surface area contributed by atoms with Gasteiger partial charge in [0.1, 0.15) is 25.4 Å². The van der Waals surface area contributed by atoms with E-state index in [-0.39, 0.29) is 19.3 Å². The zero-order valence-corrected chi connectivity index (χ0v) is 76.9. The van der Waals surface area contributed by atoms with E-state index in [2.05, 4.69) is 130 Å². The lowest BCUT2D eigenvalue weighted by atomic mass is 10.0. The van der Waals surface area contributed by atoms with E-state index in [1.807, 2.05) is 0 Å². The van der Waals surface area contributed by atoms with Crippen LogP contribution in [0.1, 0.15) is 445 Å². The predicted octanol–water partition coefficient (Wildman–Crippen LogP) is 29.8. The molecule has 117 heavy (non-hydrogen) atoms. The summed E-state index contributed by atoms with van der Waals surface area (Å²) >= 11 is 0. The van der Waals surface area contributed by atoms with Crippen molar-refractivity contribution in [3.05, 3.63) is 109 Å². The van der Waals surface area contributed by atoms with Gasteiger partial charge in [-0.1, -0.05) is 400 Å². The molecule has 0 amide bonds. The second-order valence-electron chi connectivity index (χ2n) is 32.5. The molecule has 0 saturated heterocycles. The van der Waals surface area contributed by atoms with Crippen LogP contribution in [-0.2, 0) is 55.8 Å². The molecule has 0 spiro atoms. The lowest BCUT2D eigenvalue weighted by Crippen LogP contribution is -2.30. The van der Waals surface area contributed by atoms with Gasteiger partial charge < -0.3 is 34.2 Å². The molecular weight excluding hydrogens is 1510 g/mol. The van der Waals surface area contributed by atoms with Gasteiger partial charge in [-0.05, 0) is 135 Å². The van der Waals surface area contributed by atoms with Gasteiger partial charge in [0.05, 0.1) is 26.4 Å². The standard InChI is InChI=1S/C99H178O16P2/c1-4-7-10-13-16-19-22-25-28-30-32-34-36-38-40-42-44-45-46-47-49-51-52-54-56-58-60-62-65-67-70-73-76-79-82-85-97(102)109-88-94(100)89-111-116(105,106)112-90-95(101)91-113-117(107,108)114-93-96(115-99(104)87-84-81-78-75-72-69-64-27-24-21-18-15-12-9-6-3)92-110-98(103)86-83-80-77-74-71-68-66-63-61-59-57-55-53-50-48-43-41-39-37-35-33-31-29-26-23-20-17-14-11-8-5-2/h16-17,19-20,25-29,32-35,38-41,64,94-96,100-101H,4-15,18,21-24,30-31,36-37,42-63,65-93H2,1-3H3,(H,105,106)(H,107,108)/b19-16-,20-17-,28-25-,29-26-,34-32-,35-33-,40-38-,41-39-,64-27-. The maximum atomic E-state index is 13.0. The number of rotatable bonds is 92. The van der Waals surface area contributed by atoms with Crippen molar-refractivity contribution in [3.8, 4) is 0 Å². The van der Waals surface area contributed by atoms with Crippen molar-refractivity contribution in [2.24, 2.45) is 0 Å². The van der Waals surface area contributed by atoms with Crippen LogP contribution in [0.5, 0.6) is 0 Å². The van der Waals surface area contributed by atoms with Crippen molar-refractivity contribution in [1.82, 2.24) is 0 Å². The normalized spacial score (nSPS) is 14.2. The maximum Gasteiger partial charge on any atom is 0.472 e. The van der Waals surface area contributed by atoms with Gasteiger partial charge in [-0.3, -0.25) is 32.5 Å². The van der Waals surface area contributed by atoms with E-state index < -0.39 is 91.5 Å². The minimum atomic E-state index is -4.94. The molecule has 0 aromatic heterocycles. The zero-order chi connectivity index (χ0) is 85.1. The smallest absolute Gasteiger partial charge is 0.463 e. The molecule has 0 aliphatic heterocycles. The Labute approximate surface area is 717 Å². The average molecular weight is 1690 g/mol. The van der Waals surface area contributed by atoms with E-state index in [1.54, 1.807) is 0 Å². The summed E-state index contributed by atoms with van der Waals surface area (Å²) in [7, 11) is -9.80. The Kier molecular flexibility index (Phi) is 88.5. The molecule has 5 atom stereocenters. The third-order valence-electron chi connectivity index (χ3n) is 20.9. The Bertz CT molecular complexity index is 2560. The van der Waals surface area contributed by atoms with E-state index in [0.29, 0.717) is 19.3 Å². The molecule has 4 N–H and O–H groups in total. The number of esters is 3. The summed E-state index contributed by atoms with van der Waals surface area (Å²) in [6, 6.07) is 0. The highest BCUT2D eigenvalue weighted by molar-refractivity contribution is 7.47. The van der Waals surface area contributed by atoms with Crippen molar-refractivity contribution in [2.75, 3.05) is 39.6 Å². The first-order valence-electron chi connectivity index (χ1n) is 48.2. The highest BCUT2D eigenvalue weighted by Crippen LogP contribution is 2.45. The molecule has 0 aromatic carbocycles. The van der Waals surface area contributed by atoms with E-state index in [4.69, 9.17) is 32.3 Å². The third-order valence-corrected chi connectivity index (χ3v) is 22.8. The largest absolute Gasteiger partial charge is 0.472 e. The first kappa shape index (κ1) is 113. The monoisotopic (exact) mass is 1690 g/mol. The Morgan fingerprint density at radius 2 is 0.427 bits per heavy atom. The number of carbonyl (C=O) groups excluding carboxylic acids is 3. The SMILES string of the molecule is CCCCC/C=C\C/C=C\C/C=C\C/C=C\CCCCCCCCCCCCCCCCCCCCCC(=O)OCC(O)COP(=O)(O)OCC(O)COP(=O)(O)OCC(COC(=O)CCCCCCCCCCCCCCCCC/C=C\C/C=C\C/C=C\C/C=C\CCCCC)OC(=O)CCCCCCC/C=C\CCCCCCCC. The molecule has 0 aliphatic carbocycles. The average Bonchev–Trinajstić information content (AvgIpc) is 0.886. The summed E-state index contributed by atoms with van der Waals surface area (Å²) in [6.45, 7) is 2.69. The van der Waals surface area contributed by atoms with Crippen LogP contribution in [-0.4, -0.2) is 95.9 Å². The summed E-state index contributed by atoms with van der Waals surface area (Å²) in [6.07, 6.45) is 112. The third kappa shape index (κ3) is 92.8. The van der Waals surface area contributed by atoms with Gasteiger partial charge in [-0.15, -0.1) is 0 Å². The fraction of sp³-hybridized carbons (Fsp3) is 0.788. The molecule has 680 valence electrons. The summed E-state index contributed by atoms with van der Waals surface area (Å²) in [4.78, 5) is 58.9. The van der Waals surface area contributed by atoms with Crippen LogP contribution in [0.25, 0.3) is 0 Å². The minimum Gasteiger partial charge on any atom is -0.463 e. The molecule has 0 aliphatic rings. The Morgan fingerprint density at radius 1 is 0.239 bits per heavy atom. The van der Waals surface area contributed by atoms with E-state index in [9.17, 15) is 43.5 Å². The van der Waals surface area contributed by atoms with Crippen LogP contribution in [0.3, 0.4) is 0 Å². The summed E-state index contributed by atoms with van der Waals surface area (Å²) < 4.78 is 61.5. The molecular formula is C99H178O16P2. The number of phosphoric ester groups is 2. The van der Waals surface area contributed by atoms with Crippen LogP contribution in [0.2, 0.25) is 0 Å². The second kappa shape index (κ2) is 91.4. The fourth-order valence-corrected chi connectivity index (χ4v) is 15.2. The van der Waals surface area contributed by atoms with E-state index in [1.165, 1.54) is 270 Å². The highest BCUT2D eigenvalue weighted by Gasteiger charge is 2.30. The first-order chi connectivity index (χ1) is 57.2. The number of aliphatic hydroxyl groups is 2. The molecule has 18 heteroatoms. The van der Waals surface area contributed by atoms with Crippen molar-refractivity contribution >= 4 is 33.6 Å². The zero-order valence-electron chi connectivity index (χ0n) is 75.1. The molecule has 0 saturated carbocycles. The number of hydrogen-bond acceptors (Lipinski definition) is 14. The van der Waals surface area contributed by atoms with Crippen molar-refractivity contribution < 1.29 is 75.8 Å². The molecule has 0 aromatic rings.